The Balaban J connectivity index is 1.48. The van der Waals surface area contributed by atoms with Crippen molar-refractivity contribution < 1.29 is 0 Å². The highest BCUT2D eigenvalue weighted by Gasteiger charge is 1.98. The lowest BCUT2D eigenvalue weighted by Gasteiger charge is -2.02. The second-order valence-corrected chi connectivity index (χ2v) is 6.39. The SMILES string of the molecule is C(#Cc1ccc(-c2ccc(C#Cc3ccccc3)cc2)cc1)c1ccccc1. The van der Waals surface area contributed by atoms with Crippen molar-refractivity contribution in [2.75, 3.05) is 0 Å². The molecule has 4 rings (SSSR count). The van der Waals surface area contributed by atoms with E-state index in [0.717, 1.165) is 22.3 Å². The molecule has 0 saturated heterocycles. The number of hydrogen-bond donors (Lipinski definition) is 0. The summed E-state index contributed by atoms with van der Waals surface area (Å²) in [6.07, 6.45) is 0. The van der Waals surface area contributed by atoms with Crippen LogP contribution in [0.15, 0.2) is 109 Å². The van der Waals surface area contributed by atoms with Crippen molar-refractivity contribution in [2.45, 2.75) is 0 Å². The summed E-state index contributed by atoms with van der Waals surface area (Å²) < 4.78 is 0. The molecule has 0 aliphatic rings. The van der Waals surface area contributed by atoms with E-state index >= 15 is 0 Å². The van der Waals surface area contributed by atoms with Crippen LogP contribution in [0.25, 0.3) is 11.1 Å². The lowest BCUT2D eigenvalue weighted by Crippen LogP contribution is -1.81. The fourth-order valence-corrected chi connectivity index (χ4v) is 2.82. The van der Waals surface area contributed by atoms with Gasteiger partial charge in [-0.2, -0.15) is 0 Å². The second kappa shape index (κ2) is 8.59. The zero-order valence-electron chi connectivity index (χ0n) is 15.4. The van der Waals surface area contributed by atoms with Crippen molar-refractivity contribution in [1.29, 1.82) is 0 Å². The van der Waals surface area contributed by atoms with Crippen molar-refractivity contribution >= 4 is 0 Å². The molecular weight excluding hydrogens is 336 g/mol. The quantitative estimate of drug-likeness (QED) is 0.359. The molecule has 0 aliphatic heterocycles. The van der Waals surface area contributed by atoms with Crippen molar-refractivity contribution in [3.63, 3.8) is 0 Å². The Hall–Kier alpha value is -4.00. The van der Waals surface area contributed by atoms with Crippen LogP contribution in [0.4, 0.5) is 0 Å². The van der Waals surface area contributed by atoms with Gasteiger partial charge in [0, 0.05) is 22.3 Å². The van der Waals surface area contributed by atoms with Crippen LogP contribution in [0.2, 0.25) is 0 Å². The van der Waals surface area contributed by atoms with Gasteiger partial charge in [-0.25, -0.2) is 0 Å². The molecule has 0 bridgehead atoms. The van der Waals surface area contributed by atoms with Crippen LogP contribution < -0.4 is 0 Å². The first-order valence-electron chi connectivity index (χ1n) is 9.21. The van der Waals surface area contributed by atoms with E-state index < -0.39 is 0 Å². The van der Waals surface area contributed by atoms with E-state index in [2.05, 4.69) is 72.2 Å². The van der Waals surface area contributed by atoms with Crippen LogP contribution in [-0.2, 0) is 0 Å². The molecule has 0 aliphatic carbocycles. The van der Waals surface area contributed by atoms with Gasteiger partial charge in [-0.15, -0.1) is 0 Å². The van der Waals surface area contributed by atoms with Crippen LogP contribution in [0.5, 0.6) is 0 Å². The second-order valence-electron chi connectivity index (χ2n) is 6.39. The summed E-state index contributed by atoms with van der Waals surface area (Å²) >= 11 is 0. The summed E-state index contributed by atoms with van der Waals surface area (Å²) in [6.45, 7) is 0. The molecule has 0 heterocycles. The minimum atomic E-state index is 1.01. The highest BCUT2D eigenvalue weighted by molar-refractivity contribution is 5.65. The number of benzene rings is 4. The number of hydrogen-bond acceptors (Lipinski definition) is 0. The van der Waals surface area contributed by atoms with Crippen LogP contribution >= 0.6 is 0 Å². The van der Waals surface area contributed by atoms with Crippen molar-refractivity contribution in [2.24, 2.45) is 0 Å². The van der Waals surface area contributed by atoms with Crippen LogP contribution in [0.1, 0.15) is 22.3 Å². The summed E-state index contributed by atoms with van der Waals surface area (Å²) in [7, 11) is 0. The topological polar surface area (TPSA) is 0 Å². The van der Waals surface area contributed by atoms with Gasteiger partial charge in [0.05, 0.1) is 0 Å². The predicted molar refractivity (Wildman–Crippen MR) is 117 cm³/mol. The predicted octanol–water partition coefficient (Wildman–Crippen LogP) is 6.15. The monoisotopic (exact) mass is 354 g/mol. The third-order valence-electron chi connectivity index (χ3n) is 4.35. The lowest BCUT2D eigenvalue weighted by molar-refractivity contribution is 1.57. The molecular formula is C28H18. The first-order valence-corrected chi connectivity index (χ1v) is 9.21. The maximum absolute atomic E-state index is 3.21. The molecule has 130 valence electrons. The third kappa shape index (κ3) is 4.59. The molecule has 4 aromatic carbocycles. The van der Waals surface area contributed by atoms with Gasteiger partial charge in [0.2, 0.25) is 0 Å². The van der Waals surface area contributed by atoms with Crippen LogP contribution in [-0.4, -0.2) is 0 Å². The van der Waals surface area contributed by atoms with Gasteiger partial charge in [0.25, 0.3) is 0 Å². The maximum Gasteiger partial charge on any atom is 0.0249 e. The average Bonchev–Trinajstić information content (AvgIpc) is 2.78. The molecule has 0 saturated carbocycles. The molecule has 0 radical (unpaired) electrons. The Labute approximate surface area is 166 Å². The zero-order chi connectivity index (χ0) is 19.0. The fourth-order valence-electron chi connectivity index (χ4n) is 2.82. The highest BCUT2D eigenvalue weighted by Crippen LogP contribution is 2.20. The van der Waals surface area contributed by atoms with Gasteiger partial charge < -0.3 is 0 Å². The van der Waals surface area contributed by atoms with Gasteiger partial charge >= 0.3 is 0 Å². The maximum atomic E-state index is 3.21. The minimum Gasteiger partial charge on any atom is -0.0622 e. The summed E-state index contributed by atoms with van der Waals surface area (Å²) in [5.41, 5.74) is 6.43. The number of rotatable bonds is 1. The average molecular weight is 354 g/mol. The minimum absolute atomic E-state index is 1.01. The first kappa shape index (κ1) is 17.4. The molecule has 28 heavy (non-hydrogen) atoms. The van der Waals surface area contributed by atoms with E-state index in [9.17, 15) is 0 Å². The van der Waals surface area contributed by atoms with Gasteiger partial charge in [-0.05, 0) is 59.7 Å². The Morgan fingerprint density at radius 2 is 0.571 bits per heavy atom. The molecule has 0 fully saturated rings. The van der Waals surface area contributed by atoms with E-state index in [-0.39, 0.29) is 0 Å². The lowest BCUT2D eigenvalue weighted by atomic mass is 10.0. The fraction of sp³-hybridized carbons (Fsp3) is 0. The van der Waals surface area contributed by atoms with Gasteiger partial charge in [0.15, 0.2) is 0 Å². The molecule has 0 spiro atoms. The molecule has 0 nitrogen and oxygen atoms in total. The van der Waals surface area contributed by atoms with Crippen LogP contribution in [0.3, 0.4) is 0 Å². The Morgan fingerprint density at radius 1 is 0.286 bits per heavy atom. The summed E-state index contributed by atoms with van der Waals surface area (Å²) in [6, 6.07) is 36.8. The molecule has 0 amide bonds. The summed E-state index contributed by atoms with van der Waals surface area (Å²) in [5.74, 6) is 12.8. The molecule has 0 N–H and O–H groups in total. The molecule has 4 aromatic rings. The largest absolute Gasteiger partial charge is 0.0622 e. The van der Waals surface area contributed by atoms with E-state index in [0.29, 0.717) is 0 Å². The van der Waals surface area contributed by atoms with Gasteiger partial charge in [-0.3, -0.25) is 0 Å². The van der Waals surface area contributed by atoms with Crippen molar-refractivity contribution in [3.8, 4) is 34.8 Å². The highest BCUT2D eigenvalue weighted by atomic mass is 14.0. The van der Waals surface area contributed by atoms with Gasteiger partial charge in [0.1, 0.15) is 0 Å². The Bertz CT molecular complexity index is 1060. The standard InChI is InChI=1S/C28H18/c1-3-7-23(8-4-1)11-13-25-15-19-27(20-16-25)28-21-17-26(18-22-28)14-12-24-9-5-2-6-10-24/h1-10,15-22H. The van der Waals surface area contributed by atoms with E-state index in [1.165, 1.54) is 11.1 Å². The summed E-state index contributed by atoms with van der Waals surface area (Å²) in [5, 5.41) is 0. The first-order chi connectivity index (χ1) is 13.9. The molecule has 0 unspecified atom stereocenters. The normalized spacial score (nSPS) is 9.57. The van der Waals surface area contributed by atoms with E-state index in [1.54, 1.807) is 0 Å². The molecule has 0 heteroatoms. The smallest absolute Gasteiger partial charge is 0.0249 e. The van der Waals surface area contributed by atoms with E-state index in [1.807, 2.05) is 60.7 Å². The Morgan fingerprint density at radius 3 is 0.893 bits per heavy atom. The molecule has 0 aromatic heterocycles. The Kier molecular flexibility index (Phi) is 5.34. The molecule has 0 atom stereocenters. The third-order valence-corrected chi connectivity index (χ3v) is 4.35. The summed E-state index contributed by atoms with van der Waals surface area (Å²) in [4.78, 5) is 0. The van der Waals surface area contributed by atoms with Crippen molar-refractivity contribution in [3.05, 3.63) is 131 Å². The van der Waals surface area contributed by atoms with E-state index in [4.69, 9.17) is 0 Å². The van der Waals surface area contributed by atoms with Crippen molar-refractivity contribution in [1.82, 2.24) is 0 Å². The van der Waals surface area contributed by atoms with Crippen LogP contribution in [0, 0.1) is 23.7 Å². The van der Waals surface area contributed by atoms with Gasteiger partial charge in [-0.1, -0.05) is 84.3 Å². The zero-order valence-corrected chi connectivity index (χ0v) is 15.4.